The van der Waals surface area contributed by atoms with Crippen LogP contribution in [0.25, 0.3) is 6.08 Å². The summed E-state index contributed by atoms with van der Waals surface area (Å²) in [5, 5.41) is 2.18. The highest BCUT2D eigenvalue weighted by Crippen LogP contribution is 2.36. The zero-order chi connectivity index (χ0) is 24.9. The summed E-state index contributed by atoms with van der Waals surface area (Å²) in [6, 6.07) is 11.9. The second-order valence-electron chi connectivity index (χ2n) is 7.47. The number of benzene rings is 2. The maximum absolute atomic E-state index is 13.5. The number of imide groups is 2. The Kier molecular flexibility index (Phi) is 7.49. The number of amides is 4. The van der Waals surface area contributed by atoms with E-state index in [9.17, 15) is 18.8 Å². The maximum atomic E-state index is 13.5. The van der Waals surface area contributed by atoms with Crippen molar-refractivity contribution in [2.75, 3.05) is 6.61 Å². The molecule has 0 bridgehead atoms. The van der Waals surface area contributed by atoms with Crippen LogP contribution in [-0.4, -0.2) is 29.4 Å². The molecule has 35 heavy (non-hydrogen) atoms. The van der Waals surface area contributed by atoms with Gasteiger partial charge in [-0.15, -0.1) is 0 Å². The maximum Gasteiger partial charge on any atom is 0.331 e. The highest BCUT2D eigenvalue weighted by molar-refractivity contribution is 14.1. The first-order valence-electron chi connectivity index (χ1n) is 10.6. The third kappa shape index (κ3) is 5.70. The lowest BCUT2D eigenvalue weighted by Crippen LogP contribution is -2.53. The van der Waals surface area contributed by atoms with E-state index in [4.69, 9.17) is 13.9 Å². The van der Waals surface area contributed by atoms with Crippen LogP contribution in [0.4, 0.5) is 9.18 Å². The Labute approximate surface area is 213 Å². The number of hydrogen-bond acceptors (Lipinski definition) is 6. The molecule has 1 fully saturated rings. The Bertz CT molecular complexity index is 1310. The number of nitrogens with one attached hydrogen (secondary N) is 1. The first kappa shape index (κ1) is 24.5. The summed E-state index contributed by atoms with van der Waals surface area (Å²) in [4.78, 5) is 38.6. The number of carbonyl (C=O) groups is 3. The van der Waals surface area contributed by atoms with Crippen molar-refractivity contribution in [3.05, 3.63) is 86.6 Å². The Balaban J connectivity index is 1.61. The normalized spacial score (nSPS) is 14.9. The third-order valence-electron chi connectivity index (χ3n) is 4.99. The van der Waals surface area contributed by atoms with Crippen LogP contribution in [0.15, 0.2) is 64.8 Å². The molecule has 1 aliphatic heterocycles. The lowest BCUT2D eigenvalue weighted by atomic mass is 10.1. The minimum absolute atomic E-state index is 0.114. The Hall–Kier alpha value is -3.67. The molecule has 4 amide bonds. The van der Waals surface area contributed by atoms with Crippen molar-refractivity contribution in [2.45, 2.75) is 20.1 Å². The van der Waals surface area contributed by atoms with Crippen molar-refractivity contribution in [3.8, 4) is 11.5 Å². The van der Waals surface area contributed by atoms with Crippen molar-refractivity contribution in [1.82, 2.24) is 10.2 Å². The molecule has 10 heteroatoms. The van der Waals surface area contributed by atoms with E-state index in [0.29, 0.717) is 38.6 Å². The number of carbonyl (C=O) groups excluding carboxylic acids is 3. The molecular weight excluding hydrogens is 570 g/mol. The zero-order valence-electron chi connectivity index (χ0n) is 18.5. The van der Waals surface area contributed by atoms with Gasteiger partial charge in [0.25, 0.3) is 11.8 Å². The van der Waals surface area contributed by atoms with E-state index in [0.717, 1.165) is 4.90 Å². The van der Waals surface area contributed by atoms with Crippen LogP contribution in [0.1, 0.15) is 23.8 Å². The minimum Gasteiger partial charge on any atom is -0.490 e. The van der Waals surface area contributed by atoms with Gasteiger partial charge in [0.05, 0.1) is 23.0 Å². The number of nitrogens with zero attached hydrogens (tertiary/aromatic N) is 1. The fraction of sp³-hybridized carbons (Fsp3) is 0.160. The molecule has 1 N–H and O–H groups in total. The van der Waals surface area contributed by atoms with E-state index in [-0.39, 0.29) is 24.5 Å². The van der Waals surface area contributed by atoms with E-state index in [1.807, 2.05) is 6.92 Å². The quantitative estimate of drug-likeness (QED) is 0.233. The summed E-state index contributed by atoms with van der Waals surface area (Å²) in [7, 11) is 0. The first-order chi connectivity index (χ1) is 16.9. The molecule has 0 radical (unpaired) electrons. The lowest BCUT2D eigenvalue weighted by molar-refractivity contribution is -0.130. The standard InChI is InChI=1S/C25H20FIN2O6/c1-2-33-21-12-16(11-20(27)22(21)35-14-15-5-3-6-17(26)9-15)10-19-23(30)28-25(32)29(24(19)31)13-18-7-4-8-34-18/h3-12H,2,13-14H2,1H3,(H,28,30,32)/b19-10+. The molecular formula is C25H20FIN2O6. The van der Waals surface area contributed by atoms with Gasteiger partial charge >= 0.3 is 6.03 Å². The van der Waals surface area contributed by atoms with E-state index in [1.165, 1.54) is 24.5 Å². The number of halogens is 2. The molecule has 0 spiro atoms. The van der Waals surface area contributed by atoms with E-state index in [2.05, 4.69) is 27.9 Å². The molecule has 3 aromatic rings. The van der Waals surface area contributed by atoms with Crippen molar-refractivity contribution in [1.29, 1.82) is 0 Å². The van der Waals surface area contributed by atoms with Crippen LogP contribution < -0.4 is 14.8 Å². The average molecular weight is 590 g/mol. The summed E-state index contributed by atoms with van der Waals surface area (Å²) >= 11 is 2.06. The Morgan fingerprint density at radius 1 is 1.11 bits per heavy atom. The van der Waals surface area contributed by atoms with Gasteiger partial charge in [-0.05, 0) is 83.1 Å². The monoisotopic (exact) mass is 590 g/mol. The summed E-state index contributed by atoms with van der Waals surface area (Å²) < 4.78 is 31.0. The molecule has 0 atom stereocenters. The second kappa shape index (κ2) is 10.7. The van der Waals surface area contributed by atoms with Crippen LogP contribution in [0.3, 0.4) is 0 Å². The van der Waals surface area contributed by atoms with Crippen LogP contribution in [-0.2, 0) is 22.7 Å². The van der Waals surface area contributed by atoms with Crippen molar-refractivity contribution in [2.24, 2.45) is 0 Å². The number of furan rings is 1. The number of hydrogen-bond donors (Lipinski definition) is 1. The highest BCUT2D eigenvalue weighted by Gasteiger charge is 2.36. The lowest BCUT2D eigenvalue weighted by Gasteiger charge is -2.25. The number of urea groups is 1. The number of barbiturate groups is 1. The average Bonchev–Trinajstić information content (AvgIpc) is 3.32. The highest BCUT2D eigenvalue weighted by atomic mass is 127. The van der Waals surface area contributed by atoms with Gasteiger partial charge in [-0.25, -0.2) is 9.18 Å². The fourth-order valence-electron chi connectivity index (χ4n) is 3.42. The van der Waals surface area contributed by atoms with Crippen LogP contribution in [0.2, 0.25) is 0 Å². The molecule has 0 aliphatic carbocycles. The smallest absolute Gasteiger partial charge is 0.331 e. The van der Waals surface area contributed by atoms with Gasteiger partial charge in [0.2, 0.25) is 0 Å². The van der Waals surface area contributed by atoms with Crippen LogP contribution >= 0.6 is 22.6 Å². The molecule has 4 rings (SSSR count). The zero-order valence-corrected chi connectivity index (χ0v) is 20.7. The van der Waals surface area contributed by atoms with Crippen LogP contribution in [0, 0.1) is 9.39 Å². The predicted molar refractivity (Wildman–Crippen MR) is 132 cm³/mol. The molecule has 0 saturated carbocycles. The second-order valence-corrected chi connectivity index (χ2v) is 8.63. The Morgan fingerprint density at radius 2 is 1.94 bits per heavy atom. The number of ether oxygens (including phenoxy) is 2. The van der Waals surface area contributed by atoms with Crippen molar-refractivity contribution >= 4 is 46.5 Å². The molecule has 180 valence electrons. The predicted octanol–water partition coefficient (Wildman–Crippen LogP) is 4.66. The molecule has 1 aromatic heterocycles. The molecule has 8 nitrogen and oxygen atoms in total. The van der Waals surface area contributed by atoms with Gasteiger partial charge in [-0.2, -0.15) is 0 Å². The van der Waals surface area contributed by atoms with Gasteiger partial charge in [0.1, 0.15) is 23.8 Å². The van der Waals surface area contributed by atoms with Gasteiger partial charge in [0.15, 0.2) is 11.5 Å². The van der Waals surface area contributed by atoms with Crippen molar-refractivity contribution < 1.29 is 32.7 Å². The fourth-order valence-corrected chi connectivity index (χ4v) is 4.20. The van der Waals surface area contributed by atoms with Crippen LogP contribution in [0.5, 0.6) is 11.5 Å². The minimum atomic E-state index is -0.820. The third-order valence-corrected chi connectivity index (χ3v) is 5.80. The van der Waals surface area contributed by atoms with Gasteiger partial charge in [-0.1, -0.05) is 12.1 Å². The van der Waals surface area contributed by atoms with Crippen molar-refractivity contribution in [3.63, 3.8) is 0 Å². The molecule has 0 unspecified atom stereocenters. The first-order valence-corrected chi connectivity index (χ1v) is 11.7. The number of rotatable bonds is 8. The summed E-state index contributed by atoms with van der Waals surface area (Å²) in [6.07, 6.45) is 2.82. The largest absolute Gasteiger partial charge is 0.490 e. The molecule has 2 aromatic carbocycles. The van der Waals surface area contributed by atoms with E-state index < -0.39 is 17.8 Å². The van der Waals surface area contributed by atoms with E-state index >= 15 is 0 Å². The topological polar surface area (TPSA) is 98.1 Å². The van der Waals surface area contributed by atoms with Gasteiger partial charge in [-0.3, -0.25) is 19.8 Å². The summed E-state index contributed by atoms with van der Waals surface area (Å²) in [5.74, 6) is -0.648. The summed E-state index contributed by atoms with van der Waals surface area (Å²) in [6.45, 7) is 2.16. The SMILES string of the molecule is CCOc1cc(/C=C2\C(=O)NC(=O)N(Cc3ccco3)C2=O)cc(I)c1OCc1cccc(F)c1. The van der Waals surface area contributed by atoms with E-state index in [1.54, 1.807) is 36.4 Å². The summed E-state index contributed by atoms with van der Waals surface area (Å²) in [5.41, 5.74) is 0.949. The van der Waals surface area contributed by atoms with Gasteiger partial charge in [0, 0.05) is 0 Å². The van der Waals surface area contributed by atoms with Gasteiger partial charge < -0.3 is 13.9 Å². The molecule has 1 saturated heterocycles. The molecule has 1 aliphatic rings. The molecule has 2 heterocycles. The Morgan fingerprint density at radius 3 is 2.66 bits per heavy atom.